The first-order valence-corrected chi connectivity index (χ1v) is 8.41. The van der Waals surface area contributed by atoms with Gasteiger partial charge in [-0.05, 0) is 35.2 Å². The zero-order valence-corrected chi connectivity index (χ0v) is 13.5. The summed E-state index contributed by atoms with van der Waals surface area (Å²) in [6, 6.07) is 0. The molecule has 0 spiro atoms. The molecule has 6 heteroatoms. The molecule has 0 aromatic carbocycles. The third-order valence-electron chi connectivity index (χ3n) is 5.05. The van der Waals surface area contributed by atoms with Gasteiger partial charge in [-0.2, -0.15) is 0 Å². The van der Waals surface area contributed by atoms with E-state index in [2.05, 4.69) is 30.8 Å². The molecule has 4 rings (SSSR count). The average molecular weight is 351 g/mol. The van der Waals surface area contributed by atoms with Crippen LogP contribution in [0.25, 0.3) is 5.65 Å². The normalized spacial score (nSPS) is 29.6. The molecule has 3 heterocycles. The molecule has 5 nitrogen and oxygen atoms in total. The number of aliphatic hydroxyl groups is 1. The highest BCUT2D eigenvalue weighted by atomic mass is 79.9. The highest BCUT2D eigenvalue weighted by molar-refractivity contribution is 9.10. The van der Waals surface area contributed by atoms with E-state index in [9.17, 15) is 5.11 Å². The van der Waals surface area contributed by atoms with E-state index in [4.69, 9.17) is 0 Å². The molecular formula is C15H19BrN4O. The van der Waals surface area contributed by atoms with Crippen molar-refractivity contribution >= 4 is 27.4 Å². The number of piperidine rings is 1. The van der Waals surface area contributed by atoms with Gasteiger partial charge in [0.25, 0.3) is 0 Å². The first-order valence-electron chi connectivity index (χ1n) is 7.62. The van der Waals surface area contributed by atoms with E-state index in [-0.39, 0.29) is 0 Å². The van der Waals surface area contributed by atoms with Crippen molar-refractivity contribution in [1.29, 1.82) is 0 Å². The molecule has 2 aromatic heterocycles. The number of aromatic nitrogens is 3. The number of anilines is 1. The number of rotatable bonds is 1. The summed E-state index contributed by atoms with van der Waals surface area (Å²) in [6.07, 6.45) is 10.9. The Morgan fingerprint density at radius 3 is 3.14 bits per heavy atom. The summed E-state index contributed by atoms with van der Waals surface area (Å²) in [5, 5.41) is 10.8. The van der Waals surface area contributed by atoms with Crippen molar-refractivity contribution < 1.29 is 5.11 Å². The van der Waals surface area contributed by atoms with E-state index in [0.29, 0.717) is 5.92 Å². The number of imidazole rings is 1. The van der Waals surface area contributed by atoms with E-state index >= 15 is 0 Å². The van der Waals surface area contributed by atoms with Gasteiger partial charge in [-0.1, -0.05) is 12.8 Å². The second-order valence-electron chi connectivity index (χ2n) is 6.29. The van der Waals surface area contributed by atoms with Gasteiger partial charge in [0.15, 0.2) is 11.5 Å². The van der Waals surface area contributed by atoms with Crippen LogP contribution in [0.3, 0.4) is 0 Å². The van der Waals surface area contributed by atoms with Gasteiger partial charge < -0.3 is 14.4 Å². The van der Waals surface area contributed by atoms with Crippen LogP contribution >= 0.6 is 15.9 Å². The minimum absolute atomic E-state index is 0.357. The first kappa shape index (κ1) is 13.5. The first-order chi connectivity index (χ1) is 10.2. The molecule has 1 aliphatic carbocycles. The van der Waals surface area contributed by atoms with Crippen molar-refractivity contribution in [1.82, 2.24) is 14.4 Å². The monoisotopic (exact) mass is 350 g/mol. The van der Waals surface area contributed by atoms with Crippen LogP contribution in [0.5, 0.6) is 0 Å². The van der Waals surface area contributed by atoms with Gasteiger partial charge >= 0.3 is 0 Å². The number of halogens is 1. The Kier molecular flexibility index (Phi) is 3.19. The predicted octanol–water partition coefficient (Wildman–Crippen LogP) is 2.62. The molecular weight excluding hydrogens is 332 g/mol. The standard InChI is InChI=1S/C15H19BrN4O/c16-12-10-20-8-6-17-13(20)14(18-12)19-7-5-15(21)4-2-1-3-11(15)9-19/h6,8,10-11,21H,1-5,7,9H2. The van der Waals surface area contributed by atoms with Crippen molar-refractivity contribution in [3.05, 3.63) is 23.2 Å². The molecule has 0 amide bonds. The highest BCUT2D eigenvalue weighted by Gasteiger charge is 2.43. The Labute approximate surface area is 132 Å². The van der Waals surface area contributed by atoms with Crippen molar-refractivity contribution in [2.75, 3.05) is 18.0 Å². The lowest BCUT2D eigenvalue weighted by Gasteiger charge is -2.47. The predicted molar refractivity (Wildman–Crippen MR) is 84.4 cm³/mol. The van der Waals surface area contributed by atoms with Gasteiger partial charge in [-0.3, -0.25) is 0 Å². The smallest absolute Gasteiger partial charge is 0.180 e. The van der Waals surface area contributed by atoms with E-state index in [1.54, 1.807) is 6.20 Å². The summed E-state index contributed by atoms with van der Waals surface area (Å²) in [6.45, 7) is 1.72. The summed E-state index contributed by atoms with van der Waals surface area (Å²) in [4.78, 5) is 11.4. The van der Waals surface area contributed by atoms with Crippen molar-refractivity contribution in [3.8, 4) is 0 Å². The van der Waals surface area contributed by atoms with Gasteiger partial charge in [-0.15, -0.1) is 0 Å². The summed E-state index contributed by atoms with van der Waals surface area (Å²) in [5.74, 6) is 1.28. The van der Waals surface area contributed by atoms with Crippen LogP contribution in [0.1, 0.15) is 32.1 Å². The van der Waals surface area contributed by atoms with E-state index < -0.39 is 5.60 Å². The van der Waals surface area contributed by atoms with Crippen LogP contribution in [0, 0.1) is 5.92 Å². The van der Waals surface area contributed by atoms with Crippen LogP contribution in [0.15, 0.2) is 23.2 Å². The van der Waals surface area contributed by atoms with E-state index in [1.807, 2.05) is 16.8 Å². The van der Waals surface area contributed by atoms with Crippen LogP contribution in [0.4, 0.5) is 5.82 Å². The molecule has 21 heavy (non-hydrogen) atoms. The molecule has 0 radical (unpaired) electrons. The fourth-order valence-corrected chi connectivity index (χ4v) is 4.25. The number of nitrogens with zero attached hydrogens (tertiary/aromatic N) is 4. The lowest BCUT2D eigenvalue weighted by atomic mass is 9.71. The molecule has 2 aromatic rings. The topological polar surface area (TPSA) is 53.7 Å². The molecule has 112 valence electrons. The van der Waals surface area contributed by atoms with Gasteiger partial charge in [0.05, 0.1) is 5.60 Å². The second-order valence-corrected chi connectivity index (χ2v) is 7.10. The SMILES string of the molecule is OC12CCCCC1CN(c1nc(Br)cn3ccnc13)CC2. The Hall–Kier alpha value is -1.14. The fourth-order valence-electron chi connectivity index (χ4n) is 3.86. The van der Waals surface area contributed by atoms with E-state index in [1.165, 1.54) is 6.42 Å². The maximum absolute atomic E-state index is 10.8. The van der Waals surface area contributed by atoms with Crippen LogP contribution < -0.4 is 4.90 Å². The summed E-state index contributed by atoms with van der Waals surface area (Å²) >= 11 is 3.48. The van der Waals surface area contributed by atoms with Crippen LogP contribution in [-0.2, 0) is 0 Å². The lowest BCUT2D eigenvalue weighted by Crippen LogP contribution is -2.53. The maximum atomic E-state index is 10.8. The third-order valence-corrected chi connectivity index (χ3v) is 5.44. The Morgan fingerprint density at radius 1 is 1.33 bits per heavy atom. The van der Waals surface area contributed by atoms with Crippen LogP contribution in [-0.4, -0.2) is 38.2 Å². The molecule has 1 N–H and O–H groups in total. The summed E-state index contributed by atoms with van der Waals surface area (Å²) in [5.41, 5.74) is 0.436. The molecule has 2 unspecified atom stereocenters. The molecule has 2 fully saturated rings. The number of hydrogen-bond donors (Lipinski definition) is 1. The van der Waals surface area contributed by atoms with Crippen molar-refractivity contribution in [2.24, 2.45) is 5.92 Å². The zero-order valence-electron chi connectivity index (χ0n) is 11.9. The Balaban J connectivity index is 1.68. The summed E-state index contributed by atoms with van der Waals surface area (Å²) < 4.78 is 2.81. The molecule has 1 saturated carbocycles. The Bertz CT molecular complexity index is 673. The summed E-state index contributed by atoms with van der Waals surface area (Å²) in [7, 11) is 0. The zero-order chi connectivity index (χ0) is 14.4. The van der Waals surface area contributed by atoms with Gasteiger partial charge in [0.1, 0.15) is 4.60 Å². The van der Waals surface area contributed by atoms with Gasteiger partial charge in [0.2, 0.25) is 0 Å². The number of fused-ring (bicyclic) bond motifs is 2. The van der Waals surface area contributed by atoms with Gasteiger partial charge in [0, 0.05) is 37.6 Å². The second kappa shape index (κ2) is 4.95. The molecule has 0 bridgehead atoms. The van der Waals surface area contributed by atoms with Crippen LogP contribution in [0.2, 0.25) is 0 Å². The lowest BCUT2D eigenvalue weighted by molar-refractivity contribution is -0.0613. The average Bonchev–Trinajstić information content (AvgIpc) is 2.93. The van der Waals surface area contributed by atoms with Crippen molar-refractivity contribution in [2.45, 2.75) is 37.7 Å². The largest absolute Gasteiger partial charge is 0.389 e. The van der Waals surface area contributed by atoms with Gasteiger partial charge in [-0.25, -0.2) is 9.97 Å². The molecule has 2 atom stereocenters. The fraction of sp³-hybridized carbons (Fsp3) is 0.600. The minimum atomic E-state index is -0.452. The minimum Gasteiger partial charge on any atom is -0.389 e. The highest BCUT2D eigenvalue weighted by Crippen LogP contribution is 2.41. The third kappa shape index (κ3) is 2.25. The van der Waals surface area contributed by atoms with Crippen molar-refractivity contribution in [3.63, 3.8) is 0 Å². The molecule has 1 saturated heterocycles. The molecule has 1 aliphatic heterocycles. The van der Waals surface area contributed by atoms with E-state index in [0.717, 1.165) is 54.8 Å². The molecule has 2 aliphatic rings. The maximum Gasteiger partial charge on any atom is 0.180 e. The Morgan fingerprint density at radius 2 is 2.24 bits per heavy atom. The quantitative estimate of drug-likeness (QED) is 0.858. The number of hydrogen-bond acceptors (Lipinski definition) is 4.